The molecule has 6 rings (SSSR count). The van der Waals surface area contributed by atoms with E-state index in [-0.39, 0.29) is 43.0 Å². The molecule has 0 saturated carbocycles. The molecular weight excluding hydrogens is 746 g/mol. The van der Waals surface area contributed by atoms with Crippen molar-refractivity contribution in [1.29, 1.82) is 0 Å². The first-order chi connectivity index (χ1) is 27.6. The van der Waals surface area contributed by atoms with Crippen LogP contribution in [0.25, 0.3) is 0 Å². The fourth-order valence-corrected chi connectivity index (χ4v) is 5.51. The second-order valence-corrected chi connectivity index (χ2v) is 12.5. The van der Waals surface area contributed by atoms with Crippen LogP contribution in [0.2, 0.25) is 0 Å². The molecule has 0 bridgehead atoms. The van der Waals surface area contributed by atoms with Crippen molar-refractivity contribution >= 4 is 40.9 Å². The molecule has 2 aromatic carbocycles. The highest BCUT2D eigenvalue weighted by atomic mass is 19.3. The van der Waals surface area contributed by atoms with E-state index >= 15 is 0 Å². The molecule has 0 unspecified atom stereocenters. The standard InChI is InChI=1S/C20H21F2N5O4.C18H21N5O3/c21-18(22)19(29)25-12-16(28)14-10-23-17(24-11-14)13-27(15-4-2-1-3-5-15)20(30)26-6-8-31-9-7-26;19-10-16(24)14-11-20-17(21-12-14)13-23(15-4-2-1-3-5-15)18(25)22-6-8-26-9-7-22/h1-5,10-11,18H,6-9,12-13H2,(H,25,29);1-5,11-12H,6-10,13,19H2. The maximum atomic E-state index is 13.1. The number of aromatic nitrogens is 4. The Morgan fingerprint density at radius 1 is 0.649 bits per heavy atom. The fourth-order valence-electron chi connectivity index (χ4n) is 5.51. The van der Waals surface area contributed by atoms with Crippen molar-refractivity contribution in [2.75, 3.05) is 75.5 Å². The highest BCUT2D eigenvalue weighted by Crippen LogP contribution is 2.20. The van der Waals surface area contributed by atoms with Crippen LogP contribution < -0.4 is 20.9 Å². The normalized spacial score (nSPS) is 13.9. The Morgan fingerprint density at radius 2 is 1.04 bits per heavy atom. The summed E-state index contributed by atoms with van der Waals surface area (Å²) in [6.45, 7) is 3.62. The third kappa shape index (κ3) is 12.1. The van der Waals surface area contributed by atoms with Crippen molar-refractivity contribution in [2.45, 2.75) is 19.5 Å². The minimum Gasteiger partial charge on any atom is -0.378 e. The molecule has 0 radical (unpaired) electrons. The molecule has 0 aliphatic carbocycles. The highest BCUT2D eigenvalue weighted by molar-refractivity contribution is 5.99. The second-order valence-electron chi connectivity index (χ2n) is 12.5. The molecule has 300 valence electrons. The predicted octanol–water partition coefficient (Wildman–Crippen LogP) is 2.58. The van der Waals surface area contributed by atoms with E-state index in [0.29, 0.717) is 75.5 Å². The minimum absolute atomic E-state index is 0.0593. The third-order valence-corrected chi connectivity index (χ3v) is 8.62. The van der Waals surface area contributed by atoms with Gasteiger partial charge in [-0.3, -0.25) is 24.2 Å². The van der Waals surface area contributed by atoms with Crippen LogP contribution in [0.1, 0.15) is 32.4 Å². The fraction of sp³-hybridized carbons (Fsp3) is 0.342. The Balaban J connectivity index is 0.000000221. The molecule has 3 N–H and O–H groups in total. The van der Waals surface area contributed by atoms with Gasteiger partial charge in [0.15, 0.2) is 11.6 Å². The van der Waals surface area contributed by atoms with Gasteiger partial charge in [-0.2, -0.15) is 8.78 Å². The summed E-state index contributed by atoms with van der Waals surface area (Å²) in [4.78, 5) is 83.8. The molecule has 19 heteroatoms. The summed E-state index contributed by atoms with van der Waals surface area (Å²) in [5.41, 5.74) is 7.19. The Labute approximate surface area is 326 Å². The first-order valence-electron chi connectivity index (χ1n) is 18.0. The molecule has 0 spiro atoms. The van der Waals surface area contributed by atoms with Gasteiger partial charge in [0.2, 0.25) is 0 Å². The summed E-state index contributed by atoms with van der Waals surface area (Å²) in [6.07, 6.45) is 2.17. The van der Waals surface area contributed by atoms with Crippen molar-refractivity contribution in [3.8, 4) is 0 Å². The number of amides is 5. The molecule has 2 fully saturated rings. The average Bonchev–Trinajstić information content (AvgIpc) is 3.27. The molecule has 4 aromatic rings. The van der Waals surface area contributed by atoms with Crippen LogP contribution in [0.4, 0.5) is 29.7 Å². The molecule has 57 heavy (non-hydrogen) atoms. The van der Waals surface area contributed by atoms with Crippen LogP contribution >= 0.6 is 0 Å². The Kier molecular flexibility index (Phi) is 15.5. The van der Waals surface area contributed by atoms with Gasteiger partial charge in [-0.15, -0.1) is 0 Å². The number of hydrogen-bond donors (Lipinski definition) is 2. The van der Waals surface area contributed by atoms with Crippen molar-refractivity contribution in [2.24, 2.45) is 5.73 Å². The van der Waals surface area contributed by atoms with Crippen molar-refractivity contribution in [1.82, 2.24) is 35.1 Å². The number of benzene rings is 2. The number of carbonyl (C=O) groups is 5. The molecule has 0 atom stereocenters. The first-order valence-corrected chi connectivity index (χ1v) is 18.0. The second kappa shape index (κ2) is 21.1. The van der Waals surface area contributed by atoms with Crippen LogP contribution in [-0.2, 0) is 27.4 Å². The molecule has 17 nitrogen and oxygen atoms in total. The van der Waals surface area contributed by atoms with Crippen LogP contribution in [0.15, 0.2) is 85.5 Å². The van der Waals surface area contributed by atoms with Crippen LogP contribution in [-0.4, -0.2) is 131 Å². The third-order valence-electron chi connectivity index (χ3n) is 8.62. The van der Waals surface area contributed by atoms with Gasteiger partial charge in [0.25, 0.3) is 5.91 Å². The van der Waals surface area contributed by atoms with Gasteiger partial charge in [-0.05, 0) is 24.3 Å². The SMILES string of the molecule is NCC(=O)c1cnc(CN(C(=O)N2CCOCC2)c2ccccc2)nc1.O=C(CNC(=O)C(F)F)c1cnc(CN(C(=O)N2CCOCC2)c2ccccc2)nc1. The summed E-state index contributed by atoms with van der Waals surface area (Å²) >= 11 is 0. The van der Waals surface area contributed by atoms with E-state index in [9.17, 15) is 32.8 Å². The number of nitrogens with zero attached hydrogens (tertiary/aromatic N) is 8. The van der Waals surface area contributed by atoms with Crippen molar-refractivity contribution in [3.63, 3.8) is 0 Å². The average molecular weight is 789 g/mol. The van der Waals surface area contributed by atoms with E-state index in [2.05, 4.69) is 19.9 Å². The number of nitrogens with one attached hydrogen (secondary N) is 1. The monoisotopic (exact) mass is 788 g/mol. The number of urea groups is 2. The molecule has 5 amide bonds. The predicted molar refractivity (Wildman–Crippen MR) is 202 cm³/mol. The van der Waals surface area contributed by atoms with Gasteiger partial charge in [-0.1, -0.05) is 36.4 Å². The topological polar surface area (TPSA) is 206 Å². The van der Waals surface area contributed by atoms with E-state index < -0.39 is 24.7 Å². The molecule has 2 aliphatic rings. The van der Waals surface area contributed by atoms with Crippen molar-refractivity contribution in [3.05, 3.63) is 108 Å². The highest BCUT2D eigenvalue weighted by Gasteiger charge is 2.27. The lowest BCUT2D eigenvalue weighted by molar-refractivity contribution is -0.131. The number of ether oxygens (including phenoxy) is 2. The van der Waals surface area contributed by atoms with Gasteiger partial charge in [-0.25, -0.2) is 29.5 Å². The van der Waals surface area contributed by atoms with E-state index in [1.54, 1.807) is 26.8 Å². The van der Waals surface area contributed by atoms with Crippen LogP contribution in [0, 0.1) is 0 Å². The molecule has 2 aliphatic heterocycles. The first kappa shape index (κ1) is 41.8. The number of para-hydroxylation sites is 2. The lowest BCUT2D eigenvalue weighted by atomic mass is 10.2. The smallest absolute Gasteiger partial charge is 0.325 e. The quantitative estimate of drug-likeness (QED) is 0.199. The zero-order chi connectivity index (χ0) is 40.6. The van der Waals surface area contributed by atoms with Crippen molar-refractivity contribution < 1.29 is 42.2 Å². The summed E-state index contributed by atoms with van der Waals surface area (Å²) in [5, 5.41) is 1.84. The number of morpholine rings is 2. The zero-order valence-electron chi connectivity index (χ0n) is 30.9. The number of alkyl halides is 2. The lowest BCUT2D eigenvalue weighted by Gasteiger charge is -2.32. The summed E-state index contributed by atoms with van der Waals surface area (Å²) in [6, 6.07) is 18.1. The summed E-state index contributed by atoms with van der Waals surface area (Å²) in [5.74, 6) is -1.61. The van der Waals surface area contributed by atoms with E-state index in [4.69, 9.17) is 15.2 Å². The molecule has 2 saturated heterocycles. The van der Waals surface area contributed by atoms with E-state index in [1.807, 2.05) is 53.8 Å². The Bertz CT molecular complexity index is 1930. The number of carbonyl (C=O) groups excluding carboxylic acids is 5. The zero-order valence-corrected chi connectivity index (χ0v) is 30.9. The Morgan fingerprint density at radius 3 is 1.40 bits per heavy atom. The maximum Gasteiger partial charge on any atom is 0.325 e. The van der Waals surface area contributed by atoms with E-state index in [0.717, 1.165) is 5.69 Å². The minimum atomic E-state index is -3.20. The van der Waals surface area contributed by atoms with Gasteiger partial charge in [0.05, 0.1) is 63.7 Å². The summed E-state index contributed by atoms with van der Waals surface area (Å²) in [7, 11) is 0. The van der Waals surface area contributed by atoms with E-state index in [1.165, 1.54) is 29.7 Å². The van der Waals surface area contributed by atoms with Gasteiger partial charge in [0.1, 0.15) is 11.6 Å². The maximum absolute atomic E-state index is 13.1. The largest absolute Gasteiger partial charge is 0.378 e. The molecular formula is C38H42F2N10O7. The molecule has 2 aromatic heterocycles. The number of Topliss-reactive ketones (excluding diaryl/α,β-unsaturated/α-hetero) is 2. The summed E-state index contributed by atoms with van der Waals surface area (Å²) < 4.78 is 35.0. The Hall–Kier alpha value is -6.31. The number of rotatable bonds is 12. The number of ketones is 2. The lowest BCUT2D eigenvalue weighted by Crippen LogP contribution is -2.48. The number of anilines is 2. The van der Waals surface area contributed by atoms with Crippen LogP contribution in [0.3, 0.4) is 0 Å². The number of halogens is 2. The number of hydrogen-bond acceptors (Lipinski definition) is 12. The van der Waals surface area contributed by atoms with Gasteiger partial charge >= 0.3 is 18.5 Å². The number of nitrogens with two attached hydrogens (primary N) is 1. The van der Waals surface area contributed by atoms with Gasteiger partial charge < -0.3 is 30.3 Å². The molecule has 4 heterocycles. The van der Waals surface area contributed by atoms with Crippen LogP contribution in [0.5, 0.6) is 0 Å². The van der Waals surface area contributed by atoms with Gasteiger partial charge in [0, 0.05) is 62.3 Å².